The van der Waals surface area contributed by atoms with Crippen molar-refractivity contribution < 1.29 is 21.9 Å². The maximum absolute atomic E-state index is 15.0. The number of rotatable bonds is 4. The molecule has 0 aromatic heterocycles. The Balaban J connectivity index is 1.95. The van der Waals surface area contributed by atoms with E-state index in [2.05, 4.69) is 5.32 Å². The summed E-state index contributed by atoms with van der Waals surface area (Å²) in [5.41, 5.74) is 5.41. The summed E-state index contributed by atoms with van der Waals surface area (Å²) in [6.45, 7) is 0.336. The number of piperidine rings is 1. The van der Waals surface area contributed by atoms with Crippen molar-refractivity contribution in [3.8, 4) is 5.75 Å². The lowest BCUT2D eigenvalue weighted by atomic mass is 9.79. The van der Waals surface area contributed by atoms with Crippen LogP contribution in [0.25, 0.3) is 0 Å². The van der Waals surface area contributed by atoms with Gasteiger partial charge in [-0.15, -0.1) is 0 Å². The lowest BCUT2D eigenvalue weighted by molar-refractivity contribution is 0.134. The maximum atomic E-state index is 15.0. The summed E-state index contributed by atoms with van der Waals surface area (Å²) in [6.07, 6.45) is 1.22. The molecule has 0 radical (unpaired) electrons. The summed E-state index contributed by atoms with van der Waals surface area (Å²) in [5, 5.41) is 3.65. The second-order valence-electron chi connectivity index (χ2n) is 7.42. The smallest absolute Gasteiger partial charge is 0.190 e. The molecule has 0 aliphatic carbocycles. The standard InChI is InChI=1S/C20H21ClF2N2O3S/c21-12-1-3-14(4-2-12)29(26,27)20-9-7-13(8-10-24)25-17(20)11-28-19-16(23)6-5-15(22)18(19)20/h1-6,13,17,25H,7-11,24H2/t13-,17+,20-/m0/s1. The molecule has 9 heteroatoms. The molecule has 2 aromatic rings. The van der Waals surface area contributed by atoms with Crippen LogP contribution in [0.5, 0.6) is 5.75 Å². The Bertz CT molecular complexity index is 1030. The molecule has 1 saturated heterocycles. The van der Waals surface area contributed by atoms with E-state index in [1.54, 1.807) is 0 Å². The highest BCUT2D eigenvalue weighted by Crippen LogP contribution is 2.52. The number of nitrogens with two attached hydrogens (primary N) is 1. The Morgan fingerprint density at radius 2 is 1.86 bits per heavy atom. The molecule has 0 spiro atoms. The van der Waals surface area contributed by atoms with Gasteiger partial charge in [0.05, 0.1) is 16.5 Å². The van der Waals surface area contributed by atoms with Crippen molar-refractivity contribution in [2.24, 2.45) is 5.73 Å². The first-order chi connectivity index (χ1) is 13.8. The third-order valence-electron chi connectivity index (χ3n) is 5.86. The number of fused-ring (bicyclic) bond motifs is 3. The van der Waals surface area contributed by atoms with Gasteiger partial charge in [-0.3, -0.25) is 0 Å². The summed E-state index contributed by atoms with van der Waals surface area (Å²) >= 11 is 5.92. The van der Waals surface area contributed by atoms with Crippen LogP contribution < -0.4 is 15.8 Å². The van der Waals surface area contributed by atoms with E-state index in [9.17, 15) is 12.8 Å². The van der Waals surface area contributed by atoms with Gasteiger partial charge in [0.25, 0.3) is 0 Å². The Morgan fingerprint density at radius 3 is 2.55 bits per heavy atom. The minimum Gasteiger partial charge on any atom is -0.488 e. The Morgan fingerprint density at radius 1 is 1.17 bits per heavy atom. The van der Waals surface area contributed by atoms with Crippen LogP contribution in [0.2, 0.25) is 5.02 Å². The highest BCUT2D eigenvalue weighted by atomic mass is 35.5. The zero-order valence-corrected chi connectivity index (χ0v) is 17.1. The second-order valence-corrected chi connectivity index (χ2v) is 10.1. The van der Waals surface area contributed by atoms with Gasteiger partial charge in [-0.2, -0.15) is 0 Å². The molecule has 4 rings (SSSR count). The van der Waals surface area contributed by atoms with Gasteiger partial charge in [0.15, 0.2) is 21.4 Å². The van der Waals surface area contributed by atoms with Gasteiger partial charge < -0.3 is 15.8 Å². The first kappa shape index (κ1) is 20.5. The average Bonchev–Trinajstić information content (AvgIpc) is 2.70. The molecule has 156 valence electrons. The molecule has 2 aliphatic rings. The zero-order valence-electron chi connectivity index (χ0n) is 15.5. The molecule has 2 aromatic carbocycles. The number of ether oxygens (including phenoxy) is 1. The summed E-state index contributed by atoms with van der Waals surface area (Å²) < 4.78 is 61.1. The van der Waals surface area contributed by atoms with Gasteiger partial charge in [-0.25, -0.2) is 17.2 Å². The predicted octanol–water partition coefficient (Wildman–Crippen LogP) is 3.15. The van der Waals surface area contributed by atoms with E-state index in [-0.39, 0.29) is 35.3 Å². The van der Waals surface area contributed by atoms with Gasteiger partial charge in [-0.1, -0.05) is 11.6 Å². The lowest BCUT2D eigenvalue weighted by Crippen LogP contribution is -2.64. The van der Waals surface area contributed by atoms with Gasteiger partial charge in [0.2, 0.25) is 0 Å². The number of hydrogen-bond acceptors (Lipinski definition) is 5. The third kappa shape index (κ3) is 3.13. The van der Waals surface area contributed by atoms with E-state index < -0.39 is 32.3 Å². The molecule has 1 fully saturated rings. The van der Waals surface area contributed by atoms with Gasteiger partial charge in [-0.05, 0) is 62.2 Å². The molecular formula is C20H21ClF2N2O3S. The van der Waals surface area contributed by atoms with Crippen molar-refractivity contribution >= 4 is 21.4 Å². The van der Waals surface area contributed by atoms with Crippen LogP contribution in [0, 0.1) is 11.6 Å². The summed E-state index contributed by atoms with van der Waals surface area (Å²) in [5.74, 6) is -1.92. The zero-order chi connectivity index (χ0) is 20.8. The monoisotopic (exact) mass is 442 g/mol. The fourth-order valence-electron chi connectivity index (χ4n) is 4.49. The summed E-state index contributed by atoms with van der Waals surface area (Å²) in [6, 6.07) is 6.84. The van der Waals surface area contributed by atoms with Crippen LogP contribution >= 0.6 is 11.6 Å². The van der Waals surface area contributed by atoms with Crippen molar-refractivity contribution in [3.63, 3.8) is 0 Å². The predicted molar refractivity (Wildman–Crippen MR) is 106 cm³/mol. The van der Waals surface area contributed by atoms with E-state index in [0.717, 1.165) is 12.1 Å². The minimum atomic E-state index is -4.13. The Kier molecular flexibility index (Phi) is 5.31. The molecule has 0 amide bonds. The van der Waals surface area contributed by atoms with E-state index in [0.29, 0.717) is 24.4 Å². The van der Waals surface area contributed by atoms with Gasteiger partial charge in [0.1, 0.15) is 17.2 Å². The highest BCUT2D eigenvalue weighted by Gasteiger charge is 2.59. The highest BCUT2D eigenvalue weighted by molar-refractivity contribution is 7.92. The van der Waals surface area contributed by atoms with E-state index in [4.69, 9.17) is 22.1 Å². The molecule has 5 nitrogen and oxygen atoms in total. The molecule has 3 N–H and O–H groups in total. The Labute approximate surface area is 173 Å². The van der Waals surface area contributed by atoms with Crippen LogP contribution in [-0.4, -0.2) is 33.7 Å². The maximum Gasteiger partial charge on any atom is 0.190 e. The summed E-state index contributed by atoms with van der Waals surface area (Å²) in [4.78, 5) is 0.00230. The fraction of sp³-hybridized carbons (Fsp3) is 0.400. The first-order valence-corrected chi connectivity index (χ1v) is 11.2. The first-order valence-electron chi connectivity index (χ1n) is 9.39. The van der Waals surface area contributed by atoms with Crippen molar-refractivity contribution in [2.45, 2.75) is 41.0 Å². The molecule has 2 aliphatic heterocycles. The second kappa shape index (κ2) is 7.50. The Hall–Kier alpha value is -1.74. The SMILES string of the molecule is NCC[C@@H]1CC[C@@]2(S(=O)(=O)c3ccc(Cl)cc3)c3c(F)ccc(F)c3OC[C@H]2N1. The van der Waals surface area contributed by atoms with Crippen molar-refractivity contribution in [1.29, 1.82) is 0 Å². The van der Waals surface area contributed by atoms with Crippen molar-refractivity contribution in [3.05, 3.63) is 58.6 Å². The number of nitrogens with one attached hydrogen (secondary N) is 1. The summed E-state index contributed by atoms with van der Waals surface area (Å²) in [7, 11) is -4.13. The molecule has 0 unspecified atom stereocenters. The third-order valence-corrected chi connectivity index (χ3v) is 8.66. The molecule has 0 bridgehead atoms. The molecule has 2 heterocycles. The number of hydrogen-bond donors (Lipinski definition) is 2. The molecule has 0 saturated carbocycles. The fourth-order valence-corrected chi connectivity index (χ4v) is 6.89. The quantitative estimate of drug-likeness (QED) is 0.760. The van der Waals surface area contributed by atoms with Crippen LogP contribution in [-0.2, 0) is 14.6 Å². The van der Waals surface area contributed by atoms with Crippen LogP contribution in [0.15, 0.2) is 41.3 Å². The van der Waals surface area contributed by atoms with Gasteiger partial charge in [0, 0.05) is 11.1 Å². The number of benzene rings is 2. The minimum absolute atomic E-state index is 0.00230. The lowest BCUT2D eigenvalue weighted by Gasteiger charge is -2.49. The number of sulfone groups is 1. The average molecular weight is 443 g/mol. The van der Waals surface area contributed by atoms with E-state index >= 15 is 4.39 Å². The molecule has 3 atom stereocenters. The van der Waals surface area contributed by atoms with E-state index in [1.165, 1.54) is 24.3 Å². The van der Waals surface area contributed by atoms with Crippen LogP contribution in [0.1, 0.15) is 24.8 Å². The topological polar surface area (TPSA) is 81.4 Å². The molecular weight excluding hydrogens is 422 g/mol. The van der Waals surface area contributed by atoms with Crippen molar-refractivity contribution in [2.75, 3.05) is 13.2 Å². The van der Waals surface area contributed by atoms with Crippen LogP contribution in [0.3, 0.4) is 0 Å². The van der Waals surface area contributed by atoms with Crippen LogP contribution in [0.4, 0.5) is 8.78 Å². The normalized spacial score (nSPS) is 26.3. The largest absolute Gasteiger partial charge is 0.488 e. The van der Waals surface area contributed by atoms with Crippen molar-refractivity contribution in [1.82, 2.24) is 5.32 Å². The molecule has 29 heavy (non-hydrogen) atoms. The van der Waals surface area contributed by atoms with Gasteiger partial charge >= 0.3 is 0 Å². The number of halogens is 3. The van der Waals surface area contributed by atoms with E-state index in [1.807, 2.05) is 0 Å².